The fourth-order valence-corrected chi connectivity index (χ4v) is 4.27. The van der Waals surface area contributed by atoms with Gasteiger partial charge in [0.1, 0.15) is 5.75 Å². The zero-order valence-corrected chi connectivity index (χ0v) is 15.5. The molecular weight excluding hydrogens is 338 g/mol. The third-order valence-electron chi connectivity index (χ3n) is 5.48. The third-order valence-corrected chi connectivity index (χ3v) is 5.48. The van der Waals surface area contributed by atoms with Crippen molar-refractivity contribution in [3.8, 4) is 17.3 Å². The normalized spacial score (nSPS) is 13.0. The second-order valence-corrected chi connectivity index (χ2v) is 7.02. The number of hydrogen-bond acceptors (Lipinski definition) is 3. The quantitative estimate of drug-likeness (QED) is 0.556. The van der Waals surface area contributed by atoms with Gasteiger partial charge in [0.15, 0.2) is 5.82 Å². The van der Waals surface area contributed by atoms with Gasteiger partial charge < -0.3 is 9.30 Å². The molecule has 0 bridgehead atoms. The van der Waals surface area contributed by atoms with Gasteiger partial charge in [0, 0.05) is 24.5 Å². The molecule has 5 rings (SSSR count). The van der Waals surface area contributed by atoms with Crippen molar-refractivity contribution in [3.05, 3.63) is 58.4 Å². The van der Waals surface area contributed by atoms with Crippen molar-refractivity contribution in [3.63, 3.8) is 0 Å². The first-order valence-electron chi connectivity index (χ1n) is 9.42. The lowest BCUT2D eigenvalue weighted by molar-refractivity contribution is 0.415. The van der Waals surface area contributed by atoms with Crippen molar-refractivity contribution >= 4 is 21.8 Å². The first kappa shape index (κ1) is 16.1. The van der Waals surface area contributed by atoms with Crippen LogP contribution in [0.5, 0.6) is 5.75 Å². The van der Waals surface area contributed by atoms with E-state index in [2.05, 4.69) is 23.6 Å². The van der Waals surface area contributed by atoms with Gasteiger partial charge >= 0.3 is 0 Å². The van der Waals surface area contributed by atoms with Crippen LogP contribution in [-0.2, 0) is 19.5 Å². The molecule has 0 spiro atoms. The summed E-state index contributed by atoms with van der Waals surface area (Å²) in [4.78, 5) is 18.0. The lowest BCUT2D eigenvalue weighted by Crippen LogP contribution is -2.28. The van der Waals surface area contributed by atoms with E-state index in [1.165, 1.54) is 10.9 Å². The number of rotatable bonds is 3. The Hall–Kier alpha value is -3.08. The first-order valence-corrected chi connectivity index (χ1v) is 9.42. The maximum absolute atomic E-state index is 13.1. The van der Waals surface area contributed by atoms with Crippen LogP contribution >= 0.6 is 0 Å². The summed E-state index contributed by atoms with van der Waals surface area (Å²) < 4.78 is 9.59. The number of methoxy groups -OCH3 is 1. The fraction of sp³-hybridized carbons (Fsp3) is 0.273. The molecule has 3 heterocycles. The largest absolute Gasteiger partial charge is 0.497 e. The fourth-order valence-electron chi connectivity index (χ4n) is 4.27. The minimum Gasteiger partial charge on any atom is -0.497 e. The van der Waals surface area contributed by atoms with Crippen molar-refractivity contribution in [2.45, 2.75) is 32.9 Å². The van der Waals surface area contributed by atoms with Crippen LogP contribution in [0.3, 0.4) is 0 Å². The molecule has 136 valence electrons. The number of benzene rings is 2. The highest BCUT2D eigenvalue weighted by Gasteiger charge is 2.27. The highest BCUT2D eigenvalue weighted by atomic mass is 16.5. The Labute approximate surface area is 156 Å². The van der Waals surface area contributed by atoms with Gasteiger partial charge in [0.25, 0.3) is 5.56 Å². The molecule has 2 aromatic carbocycles. The molecule has 0 N–H and O–H groups in total. The van der Waals surface area contributed by atoms with Gasteiger partial charge in [-0.2, -0.15) is 0 Å². The monoisotopic (exact) mass is 359 g/mol. The highest BCUT2D eigenvalue weighted by Crippen LogP contribution is 2.38. The molecule has 4 aromatic rings. The maximum atomic E-state index is 13.1. The van der Waals surface area contributed by atoms with Crippen LogP contribution in [0.1, 0.15) is 18.9 Å². The van der Waals surface area contributed by atoms with E-state index in [9.17, 15) is 4.79 Å². The van der Waals surface area contributed by atoms with Crippen molar-refractivity contribution in [1.82, 2.24) is 14.1 Å². The standard InChI is InChI=1S/C22H21N3O2/c1-3-11-24-19-13-14(27-2)8-9-15(19)16-10-12-25-21(20(16)24)23-18-7-5-4-6-17(18)22(25)26/h4-9,13H,3,10-12H2,1-2H3. The lowest BCUT2D eigenvalue weighted by atomic mass is 10.0. The number of aromatic nitrogens is 3. The summed E-state index contributed by atoms with van der Waals surface area (Å²) in [6.07, 6.45) is 1.84. The summed E-state index contributed by atoms with van der Waals surface area (Å²) in [5.74, 6) is 1.63. The summed E-state index contributed by atoms with van der Waals surface area (Å²) >= 11 is 0. The van der Waals surface area contributed by atoms with E-state index in [1.54, 1.807) is 7.11 Å². The Balaban J connectivity index is 1.90. The Kier molecular flexibility index (Phi) is 3.57. The van der Waals surface area contributed by atoms with Crippen LogP contribution in [0.4, 0.5) is 0 Å². The molecule has 27 heavy (non-hydrogen) atoms. The number of aryl methyl sites for hydroxylation is 2. The molecule has 1 aliphatic heterocycles. The molecule has 1 aliphatic rings. The predicted octanol–water partition coefficient (Wildman–Crippen LogP) is 3.99. The third kappa shape index (κ3) is 2.24. The molecule has 0 aliphatic carbocycles. The summed E-state index contributed by atoms with van der Waals surface area (Å²) in [5.41, 5.74) is 4.31. The minimum absolute atomic E-state index is 0.0483. The first-order chi connectivity index (χ1) is 13.2. The number of fused-ring (bicyclic) bond motifs is 6. The van der Waals surface area contributed by atoms with Gasteiger partial charge in [0.2, 0.25) is 0 Å². The summed E-state index contributed by atoms with van der Waals surface area (Å²) in [7, 11) is 1.69. The number of hydrogen-bond donors (Lipinski definition) is 0. The van der Waals surface area contributed by atoms with E-state index < -0.39 is 0 Å². The molecule has 5 heteroatoms. The van der Waals surface area contributed by atoms with Crippen LogP contribution in [0.15, 0.2) is 47.3 Å². The topological polar surface area (TPSA) is 49.0 Å². The summed E-state index contributed by atoms with van der Waals surface area (Å²) in [6.45, 7) is 3.71. The van der Waals surface area contributed by atoms with Crippen LogP contribution in [-0.4, -0.2) is 21.2 Å². The van der Waals surface area contributed by atoms with E-state index >= 15 is 0 Å². The van der Waals surface area contributed by atoms with Gasteiger partial charge in [0.05, 0.1) is 29.2 Å². The summed E-state index contributed by atoms with van der Waals surface area (Å²) in [5, 5.41) is 1.91. The number of nitrogens with zero attached hydrogens (tertiary/aromatic N) is 3. The number of ether oxygens (including phenoxy) is 1. The smallest absolute Gasteiger partial charge is 0.261 e. The minimum atomic E-state index is 0.0483. The van der Waals surface area contributed by atoms with Crippen molar-refractivity contribution < 1.29 is 4.74 Å². The Morgan fingerprint density at radius 2 is 2.00 bits per heavy atom. The highest BCUT2D eigenvalue weighted by molar-refractivity contribution is 5.93. The molecule has 0 saturated carbocycles. The second kappa shape index (κ2) is 5.98. The maximum Gasteiger partial charge on any atom is 0.261 e. The number of para-hydroxylation sites is 1. The molecule has 0 fully saturated rings. The SMILES string of the molecule is CCCn1c2c(c3ccc(OC)cc31)CCn1c-2nc2ccccc2c1=O. The van der Waals surface area contributed by atoms with E-state index in [0.717, 1.165) is 47.7 Å². The zero-order chi connectivity index (χ0) is 18.5. The Bertz CT molecular complexity index is 1250. The molecular formula is C22H21N3O2. The van der Waals surface area contributed by atoms with Crippen molar-refractivity contribution in [1.29, 1.82) is 0 Å². The zero-order valence-electron chi connectivity index (χ0n) is 15.5. The molecule has 0 unspecified atom stereocenters. The van der Waals surface area contributed by atoms with E-state index in [1.807, 2.05) is 34.9 Å². The van der Waals surface area contributed by atoms with E-state index in [0.29, 0.717) is 11.9 Å². The van der Waals surface area contributed by atoms with Crippen LogP contribution in [0.2, 0.25) is 0 Å². The summed E-state index contributed by atoms with van der Waals surface area (Å²) in [6, 6.07) is 13.8. The van der Waals surface area contributed by atoms with Gasteiger partial charge in [-0.1, -0.05) is 19.1 Å². The molecule has 0 saturated heterocycles. The van der Waals surface area contributed by atoms with Gasteiger partial charge in [-0.15, -0.1) is 0 Å². The van der Waals surface area contributed by atoms with E-state index in [4.69, 9.17) is 9.72 Å². The average molecular weight is 359 g/mol. The molecule has 0 amide bonds. The van der Waals surface area contributed by atoms with E-state index in [-0.39, 0.29) is 5.56 Å². The van der Waals surface area contributed by atoms with Crippen molar-refractivity contribution in [2.75, 3.05) is 7.11 Å². The molecule has 0 radical (unpaired) electrons. The van der Waals surface area contributed by atoms with Crippen LogP contribution in [0, 0.1) is 0 Å². The second-order valence-electron chi connectivity index (χ2n) is 7.02. The Morgan fingerprint density at radius 1 is 1.15 bits per heavy atom. The van der Waals surface area contributed by atoms with Crippen LogP contribution in [0.25, 0.3) is 33.3 Å². The van der Waals surface area contributed by atoms with Crippen molar-refractivity contribution in [2.24, 2.45) is 0 Å². The average Bonchev–Trinajstić information content (AvgIpc) is 3.02. The Morgan fingerprint density at radius 3 is 2.81 bits per heavy atom. The van der Waals surface area contributed by atoms with Crippen LogP contribution < -0.4 is 10.3 Å². The van der Waals surface area contributed by atoms with Gasteiger partial charge in [-0.3, -0.25) is 9.36 Å². The molecule has 5 nitrogen and oxygen atoms in total. The molecule has 0 atom stereocenters. The molecule has 2 aromatic heterocycles. The predicted molar refractivity (Wildman–Crippen MR) is 107 cm³/mol. The van der Waals surface area contributed by atoms with Gasteiger partial charge in [-0.25, -0.2) is 4.98 Å². The lowest BCUT2D eigenvalue weighted by Gasteiger charge is -2.21. The van der Waals surface area contributed by atoms with Gasteiger partial charge in [-0.05, 0) is 42.7 Å².